The highest BCUT2D eigenvalue weighted by Gasteiger charge is 2.30. The van der Waals surface area contributed by atoms with Crippen LogP contribution < -0.4 is 0 Å². The van der Waals surface area contributed by atoms with Gasteiger partial charge in [-0.1, -0.05) is 54.2 Å². The molecular formula is C23H26F3NO3S2. The zero-order valence-corrected chi connectivity index (χ0v) is 19.3. The number of benzene rings is 2. The maximum absolute atomic E-state index is 13.0. The minimum Gasteiger partial charge on any atom is -0.394 e. The minimum absolute atomic E-state index is 0.0830. The van der Waals surface area contributed by atoms with Crippen molar-refractivity contribution >= 4 is 34.5 Å². The highest BCUT2D eigenvalue weighted by molar-refractivity contribution is 8.14. The van der Waals surface area contributed by atoms with Crippen LogP contribution in [0.2, 0.25) is 0 Å². The Kier molecular flexibility index (Phi) is 10.6. The lowest BCUT2D eigenvalue weighted by molar-refractivity contribution is -0.138. The average molecular weight is 486 g/mol. The van der Waals surface area contributed by atoms with Crippen molar-refractivity contribution in [2.75, 3.05) is 24.4 Å². The highest BCUT2D eigenvalue weighted by Crippen LogP contribution is 2.29. The van der Waals surface area contributed by atoms with Crippen LogP contribution in [0.3, 0.4) is 0 Å². The molecule has 0 heterocycles. The summed E-state index contributed by atoms with van der Waals surface area (Å²) in [6.45, 7) is -0.156. The first-order chi connectivity index (χ1) is 15.3. The topological polar surface area (TPSA) is 57.6 Å². The van der Waals surface area contributed by atoms with Crippen molar-refractivity contribution in [3.63, 3.8) is 0 Å². The maximum atomic E-state index is 13.0. The summed E-state index contributed by atoms with van der Waals surface area (Å²) < 4.78 is 38.5. The molecule has 0 fully saturated rings. The van der Waals surface area contributed by atoms with Crippen LogP contribution in [-0.2, 0) is 17.5 Å². The maximum Gasteiger partial charge on any atom is 0.416 e. The molecule has 32 heavy (non-hydrogen) atoms. The van der Waals surface area contributed by atoms with E-state index in [-0.39, 0.29) is 36.3 Å². The molecule has 1 N–H and O–H groups in total. The van der Waals surface area contributed by atoms with Gasteiger partial charge in [0.1, 0.15) is 0 Å². The third kappa shape index (κ3) is 8.18. The Hall–Kier alpha value is -1.97. The molecule has 174 valence electrons. The number of carbonyl (C=O) groups excluding carboxylic acids is 2. The molecule has 0 aliphatic rings. The van der Waals surface area contributed by atoms with Crippen LogP contribution in [0.25, 0.3) is 0 Å². The molecule has 1 amide bonds. The lowest BCUT2D eigenvalue weighted by atomic mass is 10.1. The summed E-state index contributed by atoms with van der Waals surface area (Å²) in [5.74, 6) is 0.749. The monoisotopic (exact) mass is 485 g/mol. The molecule has 0 saturated heterocycles. The van der Waals surface area contributed by atoms with E-state index < -0.39 is 17.8 Å². The first-order valence-corrected chi connectivity index (χ1v) is 12.4. The first kappa shape index (κ1) is 26.3. The molecule has 0 aliphatic heterocycles. The fourth-order valence-corrected chi connectivity index (χ4v) is 4.32. The number of alkyl halides is 3. The Morgan fingerprint density at radius 1 is 1.03 bits per heavy atom. The fraction of sp³-hybridized carbons (Fsp3) is 0.391. The SMILES string of the molecule is CSCC[C@@H](CO)N(Cc1ccc(C(F)(F)F)cc1)C(=O)CCSC(=O)c1ccccc1. The number of nitrogens with zero attached hydrogens (tertiary/aromatic N) is 1. The molecule has 0 aliphatic carbocycles. The third-order valence-electron chi connectivity index (χ3n) is 4.82. The number of hydrogen-bond acceptors (Lipinski definition) is 5. The average Bonchev–Trinajstić information content (AvgIpc) is 2.78. The van der Waals surface area contributed by atoms with E-state index in [2.05, 4.69) is 0 Å². The highest BCUT2D eigenvalue weighted by atomic mass is 32.2. The first-order valence-electron chi connectivity index (χ1n) is 10.0. The normalized spacial score (nSPS) is 12.4. The molecule has 0 spiro atoms. The largest absolute Gasteiger partial charge is 0.416 e. The second-order valence-corrected chi connectivity index (χ2v) is 9.14. The van der Waals surface area contributed by atoms with Crippen LogP contribution in [0, 0.1) is 0 Å². The predicted molar refractivity (Wildman–Crippen MR) is 124 cm³/mol. The van der Waals surface area contributed by atoms with Gasteiger partial charge in [0.05, 0.1) is 18.2 Å². The van der Waals surface area contributed by atoms with Gasteiger partial charge < -0.3 is 10.0 Å². The summed E-state index contributed by atoms with van der Waals surface area (Å²) in [5, 5.41) is 9.72. The Morgan fingerprint density at radius 2 is 1.69 bits per heavy atom. The molecule has 0 saturated carbocycles. The van der Waals surface area contributed by atoms with Crippen molar-refractivity contribution in [1.29, 1.82) is 0 Å². The third-order valence-corrected chi connectivity index (χ3v) is 6.37. The van der Waals surface area contributed by atoms with Gasteiger partial charge in [-0.2, -0.15) is 24.9 Å². The Labute approximate surface area is 194 Å². The van der Waals surface area contributed by atoms with E-state index in [1.54, 1.807) is 36.0 Å². The molecule has 0 radical (unpaired) electrons. The number of aliphatic hydroxyl groups excluding tert-OH is 1. The van der Waals surface area contributed by atoms with Gasteiger partial charge >= 0.3 is 6.18 Å². The van der Waals surface area contributed by atoms with Crippen molar-refractivity contribution in [2.24, 2.45) is 0 Å². The molecule has 1 atom stereocenters. The van der Waals surface area contributed by atoms with E-state index >= 15 is 0 Å². The molecule has 2 aromatic rings. The number of rotatable bonds is 11. The standard InChI is InChI=1S/C23H26F3NO3S2/c1-31-13-11-20(16-28)27(15-17-7-9-19(10-8-17)23(24,25)26)21(29)12-14-32-22(30)18-5-3-2-4-6-18/h2-10,20,28H,11-16H2,1H3/t20-/m0/s1. The summed E-state index contributed by atoms with van der Waals surface area (Å²) in [6.07, 6.45) is -1.87. The summed E-state index contributed by atoms with van der Waals surface area (Å²) in [5.41, 5.74) is 0.345. The molecule has 4 nitrogen and oxygen atoms in total. The van der Waals surface area contributed by atoms with E-state index in [1.165, 1.54) is 17.0 Å². The zero-order valence-electron chi connectivity index (χ0n) is 17.7. The zero-order chi connectivity index (χ0) is 23.6. The lowest BCUT2D eigenvalue weighted by Crippen LogP contribution is -2.42. The Bertz CT molecular complexity index is 861. The van der Waals surface area contributed by atoms with Gasteiger partial charge in [-0.05, 0) is 36.1 Å². The van der Waals surface area contributed by atoms with Crippen LogP contribution in [0.4, 0.5) is 13.2 Å². The van der Waals surface area contributed by atoms with Crippen molar-refractivity contribution in [2.45, 2.75) is 31.6 Å². The fourth-order valence-electron chi connectivity index (χ4n) is 3.05. The van der Waals surface area contributed by atoms with Gasteiger partial charge in [0.25, 0.3) is 0 Å². The number of aliphatic hydroxyl groups is 1. The van der Waals surface area contributed by atoms with Gasteiger partial charge in [-0.25, -0.2) is 0 Å². The van der Waals surface area contributed by atoms with Crippen molar-refractivity contribution < 1.29 is 27.9 Å². The van der Waals surface area contributed by atoms with Crippen LogP contribution in [-0.4, -0.2) is 51.4 Å². The quantitative estimate of drug-likeness (QED) is 0.479. The summed E-state index contributed by atoms with van der Waals surface area (Å²) in [4.78, 5) is 26.7. The molecule has 2 aromatic carbocycles. The van der Waals surface area contributed by atoms with Crippen molar-refractivity contribution in [1.82, 2.24) is 4.90 Å². The molecule has 9 heteroatoms. The summed E-state index contributed by atoms with van der Waals surface area (Å²) >= 11 is 2.63. The number of thioether (sulfide) groups is 2. The second-order valence-electron chi connectivity index (χ2n) is 7.09. The molecule has 0 bridgehead atoms. The number of amides is 1. The van der Waals surface area contributed by atoms with Gasteiger partial charge in [0, 0.05) is 24.3 Å². The second kappa shape index (κ2) is 12.9. The lowest BCUT2D eigenvalue weighted by Gasteiger charge is -2.31. The van der Waals surface area contributed by atoms with Crippen molar-refractivity contribution in [3.05, 3.63) is 71.3 Å². The van der Waals surface area contributed by atoms with Gasteiger partial charge in [-0.3, -0.25) is 9.59 Å². The van der Waals surface area contributed by atoms with Crippen molar-refractivity contribution in [3.8, 4) is 0 Å². The van der Waals surface area contributed by atoms with Crippen LogP contribution in [0.1, 0.15) is 34.3 Å². The molecule has 0 aromatic heterocycles. The van der Waals surface area contributed by atoms with Gasteiger partial charge in [-0.15, -0.1) is 0 Å². The molecule has 2 rings (SSSR count). The van der Waals surface area contributed by atoms with Gasteiger partial charge in [0.2, 0.25) is 11.0 Å². The predicted octanol–water partition coefficient (Wildman–Crippen LogP) is 5.11. The van der Waals surface area contributed by atoms with E-state index in [0.717, 1.165) is 29.6 Å². The summed E-state index contributed by atoms with van der Waals surface area (Å²) in [6, 6.07) is 13.0. The minimum atomic E-state index is -4.43. The summed E-state index contributed by atoms with van der Waals surface area (Å²) in [7, 11) is 0. The van der Waals surface area contributed by atoms with E-state index in [4.69, 9.17) is 0 Å². The van der Waals surface area contributed by atoms with Crippen LogP contribution >= 0.6 is 23.5 Å². The Balaban J connectivity index is 2.06. The molecule has 0 unspecified atom stereocenters. The van der Waals surface area contributed by atoms with Crippen LogP contribution in [0.5, 0.6) is 0 Å². The molecular weight excluding hydrogens is 459 g/mol. The van der Waals surface area contributed by atoms with E-state index in [1.807, 2.05) is 12.3 Å². The Morgan fingerprint density at radius 3 is 2.25 bits per heavy atom. The van der Waals surface area contributed by atoms with Crippen LogP contribution in [0.15, 0.2) is 54.6 Å². The van der Waals surface area contributed by atoms with Gasteiger partial charge in [0.15, 0.2) is 0 Å². The van der Waals surface area contributed by atoms with E-state index in [9.17, 15) is 27.9 Å². The van der Waals surface area contributed by atoms with E-state index in [0.29, 0.717) is 17.5 Å². The number of halogens is 3. The number of hydrogen-bond donors (Lipinski definition) is 1. The smallest absolute Gasteiger partial charge is 0.394 e. The number of carbonyl (C=O) groups is 2.